The molecule has 1 fully saturated rings. The smallest absolute Gasteiger partial charge is 0.293 e. The topological polar surface area (TPSA) is 49.9 Å². The second-order valence-electron chi connectivity index (χ2n) is 6.50. The molecular weight excluding hydrogens is 408 g/mol. The monoisotopic (exact) mass is 430 g/mol. The van der Waals surface area contributed by atoms with Gasteiger partial charge in [0.15, 0.2) is 0 Å². The molecule has 1 aliphatic heterocycles. The minimum absolute atomic E-state index is 0.195. The fourth-order valence-corrected chi connectivity index (χ4v) is 4.24. The second kappa shape index (κ2) is 9.37. The van der Waals surface area contributed by atoms with Crippen LogP contribution in [0.5, 0.6) is 5.75 Å². The maximum atomic E-state index is 12.8. The number of hydrogen-bond donors (Lipinski definition) is 0. The van der Waals surface area contributed by atoms with Gasteiger partial charge >= 0.3 is 0 Å². The van der Waals surface area contributed by atoms with Crippen molar-refractivity contribution >= 4 is 46.3 Å². The number of methoxy groups -OCH3 is 1. The molecule has 2 amide bonds. The Morgan fingerprint density at radius 3 is 2.55 bits per heavy atom. The molecule has 3 rings (SSSR count). The summed E-state index contributed by atoms with van der Waals surface area (Å²) in [6, 6.07) is 13.0. The number of carbonyl (C=O) groups excluding carboxylic acids is 2. The Labute approximate surface area is 180 Å². The van der Waals surface area contributed by atoms with Gasteiger partial charge in [-0.3, -0.25) is 14.5 Å². The molecule has 0 spiro atoms. The fraction of sp³-hybridized carbons (Fsp3) is 0.273. The van der Waals surface area contributed by atoms with Crippen LogP contribution in [0, 0.1) is 0 Å². The Bertz CT molecular complexity index is 957. The van der Waals surface area contributed by atoms with Crippen LogP contribution in [0.25, 0.3) is 6.08 Å². The average Bonchev–Trinajstić information content (AvgIpc) is 2.97. The van der Waals surface area contributed by atoms with Crippen LogP contribution in [0.3, 0.4) is 0 Å². The number of rotatable bonds is 7. The summed E-state index contributed by atoms with van der Waals surface area (Å²) in [5, 5.41) is 0.281. The van der Waals surface area contributed by atoms with Crippen molar-refractivity contribution < 1.29 is 14.3 Å². The lowest BCUT2D eigenvalue weighted by Gasteiger charge is -2.22. The first-order valence-electron chi connectivity index (χ1n) is 9.39. The van der Waals surface area contributed by atoms with Crippen LogP contribution in [0.2, 0.25) is 5.02 Å². The zero-order chi connectivity index (χ0) is 21.0. The molecule has 7 heteroatoms. The summed E-state index contributed by atoms with van der Waals surface area (Å²) in [5.41, 5.74) is 2.62. The highest BCUT2D eigenvalue weighted by molar-refractivity contribution is 8.18. The molecule has 0 saturated carbocycles. The van der Waals surface area contributed by atoms with Crippen LogP contribution >= 0.6 is 23.4 Å². The first kappa shape index (κ1) is 21.3. The van der Waals surface area contributed by atoms with Gasteiger partial charge in [-0.15, -0.1) is 0 Å². The van der Waals surface area contributed by atoms with Gasteiger partial charge in [-0.2, -0.15) is 0 Å². The van der Waals surface area contributed by atoms with E-state index in [1.165, 1.54) is 4.90 Å². The Hall–Kier alpha value is -2.44. The molecule has 1 saturated heterocycles. The summed E-state index contributed by atoms with van der Waals surface area (Å²) >= 11 is 6.94. The third-order valence-electron chi connectivity index (χ3n) is 4.74. The van der Waals surface area contributed by atoms with Gasteiger partial charge in [0, 0.05) is 35.4 Å². The molecule has 0 aliphatic carbocycles. The first-order chi connectivity index (χ1) is 14.0. The third-order valence-corrected chi connectivity index (χ3v) is 5.88. The number of amides is 2. The number of benzene rings is 2. The van der Waals surface area contributed by atoms with E-state index in [0.717, 1.165) is 41.7 Å². The van der Waals surface area contributed by atoms with E-state index >= 15 is 0 Å². The number of thioether (sulfide) groups is 1. The van der Waals surface area contributed by atoms with Crippen molar-refractivity contribution in [3.8, 4) is 5.75 Å². The van der Waals surface area contributed by atoms with Crippen molar-refractivity contribution in [2.24, 2.45) is 0 Å². The van der Waals surface area contributed by atoms with Crippen LogP contribution in [-0.4, -0.2) is 36.2 Å². The van der Waals surface area contributed by atoms with E-state index in [9.17, 15) is 9.59 Å². The summed E-state index contributed by atoms with van der Waals surface area (Å²) in [7, 11) is 1.60. The molecule has 0 N–H and O–H groups in total. The van der Waals surface area contributed by atoms with E-state index in [1.54, 1.807) is 31.4 Å². The molecule has 0 unspecified atom stereocenters. The molecule has 0 aromatic heterocycles. The van der Waals surface area contributed by atoms with E-state index in [-0.39, 0.29) is 17.7 Å². The predicted molar refractivity (Wildman–Crippen MR) is 120 cm³/mol. The number of carbonyl (C=O) groups is 2. The van der Waals surface area contributed by atoms with E-state index in [2.05, 4.69) is 18.7 Å². The molecule has 0 bridgehead atoms. The summed E-state index contributed by atoms with van der Waals surface area (Å²) in [5.74, 6) is 0.353. The van der Waals surface area contributed by atoms with Gasteiger partial charge in [-0.05, 0) is 61.5 Å². The maximum Gasteiger partial charge on any atom is 0.293 e. The van der Waals surface area contributed by atoms with Crippen molar-refractivity contribution in [3.05, 3.63) is 63.5 Å². The molecular formula is C22H23ClN2O3S. The number of anilines is 1. The quantitative estimate of drug-likeness (QED) is 0.548. The standard InChI is InChI=1S/C22H23ClN2O3S/c1-4-24(5-2)18-10-9-16(19(13-18)28-3)12-20-21(26)25(22(27)29-20)14-15-7-6-8-17(23)11-15/h6-13H,4-5,14H2,1-3H3/b20-12-. The van der Waals surface area contributed by atoms with Gasteiger partial charge < -0.3 is 9.64 Å². The van der Waals surface area contributed by atoms with Gasteiger partial charge in [0.05, 0.1) is 18.6 Å². The minimum Gasteiger partial charge on any atom is -0.496 e. The van der Waals surface area contributed by atoms with Gasteiger partial charge in [-0.25, -0.2) is 0 Å². The van der Waals surface area contributed by atoms with Gasteiger partial charge in [0.25, 0.3) is 11.1 Å². The van der Waals surface area contributed by atoms with Crippen molar-refractivity contribution in [1.82, 2.24) is 4.90 Å². The lowest BCUT2D eigenvalue weighted by Crippen LogP contribution is -2.27. The lowest BCUT2D eigenvalue weighted by molar-refractivity contribution is -0.123. The van der Waals surface area contributed by atoms with Crippen LogP contribution in [0.1, 0.15) is 25.0 Å². The van der Waals surface area contributed by atoms with Crippen LogP contribution in [-0.2, 0) is 11.3 Å². The second-order valence-corrected chi connectivity index (χ2v) is 7.93. The van der Waals surface area contributed by atoms with E-state index in [4.69, 9.17) is 16.3 Å². The van der Waals surface area contributed by atoms with Crippen molar-refractivity contribution in [2.75, 3.05) is 25.1 Å². The molecule has 5 nitrogen and oxygen atoms in total. The average molecular weight is 431 g/mol. The molecule has 2 aromatic carbocycles. The SMILES string of the molecule is CCN(CC)c1ccc(/C=C2\SC(=O)N(Cc3cccc(Cl)c3)C2=O)c(OC)c1. The fourth-order valence-electron chi connectivity index (χ4n) is 3.20. The molecule has 0 atom stereocenters. The van der Waals surface area contributed by atoms with Gasteiger partial charge in [0.2, 0.25) is 0 Å². The molecule has 1 heterocycles. The molecule has 152 valence electrons. The summed E-state index contributed by atoms with van der Waals surface area (Å²) in [6.45, 7) is 6.17. The number of imide groups is 1. The van der Waals surface area contributed by atoms with Crippen molar-refractivity contribution in [2.45, 2.75) is 20.4 Å². The highest BCUT2D eigenvalue weighted by Crippen LogP contribution is 2.36. The Morgan fingerprint density at radius 2 is 1.90 bits per heavy atom. The largest absolute Gasteiger partial charge is 0.496 e. The van der Waals surface area contributed by atoms with E-state index < -0.39 is 0 Å². The van der Waals surface area contributed by atoms with E-state index in [0.29, 0.717) is 15.7 Å². The molecule has 29 heavy (non-hydrogen) atoms. The summed E-state index contributed by atoms with van der Waals surface area (Å²) in [6.07, 6.45) is 1.72. The highest BCUT2D eigenvalue weighted by Gasteiger charge is 2.35. The minimum atomic E-state index is -0.310. The van der Waals surface area contributed by atoms with Gasteiger partial charge in [-0.1, -0.05) is 23.7 Å². The Morgan fingerprint density at radius 1 is 1.14 bits per heavy atom. The van der Waals surface area contributed by atoms with Crippen molar-refractivity contribution in [3.63, 3.8) is 0 Å². The molecule has 0 radical (unpaired) electrons. The van der Waals surface area contributed by atoms with E-state index in [1.807, 2.05) is 24.3 Å². The zero-order valence-corrected chi connectivity index (χ0v) is 18.2. The lowest BCUT2D eigenvalue weighted by atomic mass is 10.1. The predicted octanol–water partition coefficient (Wildman–Crippen LogP) is 5.43. The maximum absolute atomic E-state index is 12.8. The Kier molecular flexibility index (Phi) is 6.87. The number of hydrogen-bond acceptors (Lipinski definition) is 5. The molecule has 2 aromatic rings. The highest BCUT2D eigenvalue weighted by atomic mass is 35.5. The normalized spacial score (nSPS) is 15.3. The number of ether oxygens (including phenoxy) is 1. The number of halogens is 1. The van der Waals surface area contributed by atoms with Gasteiger partial charge in [0.1, 0.15) is 5.75 Å². The summed E-state index contributed by atoms with van der Waals surface area (Å²) < 4.78 is 5.53. The first-order valence-corrected chi connectivity index (χ1v) is 10.6. The third kappa shape index (κ3) is 4.77. The summed E-state index contributed by atoms with van der Waals surface area (Å²) in [4.78, 5) is 29.0. The zero-order valence-electron chi connectivity index (χ0n) is 16.6. The van der Waals surface area contributed by atoms with Crippen molar-refractivity contribution in [1.29, 1.82) is 0 Å². The van der Waals surface area contributed by atoms with Crippen LogP contribution < -0.4 is 9.64 Å². The Balaban J connectivity index is 1.85. The van der Waals surface area contributed by atoms with Crippen LogP contribution in [0.15, 0.2) is 47.4 Å². The molecule has 1 aliphatic rings. The number of nitrogens with zero attached hydrogens (tertiary/aromatic N) is 2. The van der Waals surface area contributed by atoms with Crippen LogP contribution in [0.4, 0.5) is 10.5 Å².